The van der Waals surface area contributed by atoms with Gasteiger partial charge in [-0.3, -0.25) is 0 Å². The summed E-state index contributed by atoms with van der Waals surface area (Å²) in [7, 11) is 0. The number of fused-ring (bicyclic) bond motifs is 4. The number of hydrogen-bond acceptors (Lipinski definition) is 2. The van der Waals surface area contributed by atoms with E-state index in [-0.39, 0.29) is 27.1 Å². The lowest BCUT2D eigenvalue weighted by molar-refractivity contribution is -0.0441. The summed E-state index contributed by atoms with van der Waals surface area (Å²) in [6.45, 7) is 20.1. The number of anilines is 3. The average molecular weight is 706 g/mol. The Bertz CT molecular complexity index is 2000. The Morgan fingerprint density at radius 1 is 0.442 bits per heavy atom. The van der Waals surface area contributed by atoms with Gasteiger partial charge in [0.05, 0.1) is 17.1 Å². The van der Waals surface area contributed by atoms with Crippen LogP contribution in [0.15, 0.2) is 88.7 Å². The van der Waals surface area contributed by atoms with Gasteiger partial charge in [-0.1, -0.05) is 116 Å². The van der Waals surface area contributed by atoms with E-state index in [4.69, 9.17) is 0 Å². The molecule has 1 heterocycles. The largest absolute Gasteiger partial charge is 0.310 e. The van der Waals surface area contributed by atoms with Crippen molar-refractivity contribution < 1.29 is 0 Å². The lowest BCUT2D eigenvalue weighted by atomic mass is 9.42. The van der Waals surface area contributed by atoms with Crippen molar-refractivity contribution in [3.8, 4) is 0 Å². The maximum Gasteiger partial charge on any atom is 0.0514 e. The molecule has 1 nitrogen and oxygen atoms in total. The molecular formula is C50H59NS. The van der Waals surface area contributed by atoms with Crippen LogP contribution in [0.2, 0.25) is 0 Å². The van der Waals surface area contributed by atoms with Gasteiger partial charge in [-0.2, -0.15) is 0 Å². The fourth-order valence-corrected chi connectivity index (χ4v) is 14.5. The molecule has 0 radical (unpaired) electrons. The van der Waals surface area contributed by atoms with Crippen LogP contribution in [0.3, 0.4) is 0 Å². The highest BCUT2D eigenvalue weighted by molar-refractivity contribution is 7.99. The summed E-state index contributed by atoms with van der Waals surface area (Å²) < 4.78 is 0. The summed E-state index contributed by atoms with van der Waals surface area (Å²) in [6, 6.07) is 31.8. The first-order chi connectivity index (χ1) is 24.7. The Labute approximate surface area is 318 Å². The van der Waals surface area contributed by atoms with Crippen molar-refractivity contribution in [2.24, 2.45) is 23.7 Å². The van der Waals surface area contributed by atoms with Crippen LogP contribution in [0.25, 0.3) is 0 Å². The highest BCUT2D eigenvalue weighted by Crippen LogP contribution is 2.71. The van der Waals surface area contributed by atoms with Gasteiger partial charge in [0.25, 0.3) is 0 Å². The third-order valence-electron chi connectivity index (χ3n) is 15.8. The molecule has 0 saturated heterocycles. The Morgan fingerprint density at radius 3 is 1.40 bits per heavy atom. The molecule has 6 aliphatic carbocycles. The second-order valence-electron chi connectivity index (χ2n) is 20.7. The van der Waals surface area contributed by atoms with Gasteiger partial charge < -0.3 is 4.90 Å². The molecule has 0 amide bonds. The van der Waals surface area contributed by atoms with E-state index in [0.29, 0.717) is 11.8 Å². The van der Waals surface area contributed by atoms with E-state index in [2.05, 4.69) is 151 Å². The van der Waals surface area contributed by atoms with Crippen molar-refractivity contribution in [1.29, 1.82) is 0 Å². The molecule has 4 bridgehead atoms. The van der Waals surface area contributed by atoms with Crippen LogP contribution in [-0.2, 0) is 27.1 Å². The zero-order valence-electron chi connectivity index (χ0n) is 33.0. The van der Waals surface area contributed by atoms with Gasteiger partial charge in [0.15, 0.2) is 0 Å². The van der Waals surface area contributed by atoms with Crippen LogP contribution < -0.4 is 4.90 Å². The van der Waals surface area contributed by atoms with Gasteiger partial charge in [-0.05, 0) is 161 Å². The van der Waals surface area contributed by atoms with Crippen LogP contribution in [0.4, 0.5) is 17.1 Å². The highest BCUT2D eigenvalue weighted by Gasteiger charge is 2.62. The first-order valence-electron chi connectivity index (χ1n) is 20.7. The second-order valence-corrected chi connectivity index (χ2v) is 21.8. The van der Waals surface area contributed by atoms with E-state index >= 15 is 0 Å². The van der Waals surface area contributed by atoms with Gasteiger partial charge in [0.2, 0.25) is 0 Å². The minimum absolute atomic E-state index is 0.0483. The molecule has 0 aromatic heterocycles. The molecule has 4 saturated carbocycles. The smallest absolute Gasteiger partial charge is 0.0514 e. The monoisotopic (exact) mass is 705 g/mol. The van der Waals surface area contributed by atoms with E-state index in [1.54, 1.807) is 33.4 Å². The first kappa shape index (κ1) is 33.6. The van der Waals surface area contributed by atoms with Gasteiger partial charge in [0.1, 0.15) is 0 Å². The fraction of sp³-hybridized carbons (Fsp3) is 0.520. The molecule has 270 valence electrons. The van der Waals surface area contributed by atoms with E-state index in [9.17, 15) is 0 Å². The van der Waals surface area contributed by atoms with E-state index in [0.717, 1.165) is 11.8 Å². The topological polar surface area (TPSA) is 3.24 Å². The zero-order chi connectivity index (χ0) is 36.0. The molecule has 11 rings (SSSR count). The molecule has 4 fully saturated rings. The van der Waals surface area contributed by atoms with Crippen LogP contribution in [0.5, 0.6) is 0 Å². The fourth-order valence-electron chi connectivity index (χ4n) is 13.3. The lowest BCUT2D eigenvalue weighted by Gasteiger charge is -2.63. The Balaban J connectivity index is 1.33. The quantitative estimate of drug-likeness (QED) is 0.209. The first-order valence-corrected chi connectivity index (χ1v) is 21.5. The van der Waals surface area contributed by atoms with Crippen molar-refractivity contribution in [3.63, 3.8) is 0 Å². The van der Waals surface area contributed by atoms with Crippen LogP contribution in [-0.4, -0.2) is 0 Å². The van der Waals surface area contributed by atoms with E-state index in [1.165, 1.54) is 84.6 Å². The minimum atomic E-state index is 0.0483. The summed E-state index contributed by atoms with van der Waals surface area (Å²) in [6.07, 6.45) is 11.9. The van der Waals surface area contributed by atoms with Crippen LogP contribution in [0.1, 0.15) is 147 Å². The molecule has 7 aliphatic rings. The van der Waals surface area contributed by atoms with Crippen molar-refractivity contribution >= 4 is 28.8 Å². The maximum atomic E-state index is 2.87. The minimum Gasteiger partial charge on any atom is -0.310 e. The van der Waals surface area contributed by atoms with Crippen LogP contribution in [0, 0.1) is 23.7 Å². The predicted octanol–water partition coefficient (Wildman–Crippen LogP) is 14.1. The number of hydrogen-bond donors (Lipinski definition) is 0. The van der Waals surface area contributed by atoms with Gasteiger partial charge >= 0.3 is 0 Å². The highest BCUT2D eigenvalue weighted by atomic mass is 32.2. The normalized spacial score (nSPS) is 30.6. The number of nitrogens with zero attached hydrogens (tertiary/aromatic N) is 1. The Hall–Kier alpha value is -2.97. The number of rotatable bonds is 3. The van der Waals surface area contributed by atoms with Gasteiger partial charge in [-0.25, -0.2) is 0 Å². The molecule has 4 aromatic rings. The molecule has 4 aromatic carbocycles. The predicted molar refractivity (Wildman–Crippen MR) is 220 cm³/mol. The van der Waals surface area contributed by atoms with Crippen molar-refractivity contribution in [1.82, 2.24) is 0 Å². The molecule has 0 N–H and O–H groups in total. The molecule has 2 heteroatoms. The Morgan fingerprint density at radius 2 is 0.865 bits per heavy atom. The van der Waals surface area contributed by atoms with E-state index in [1.807, 2.05) is 0 Å². The second kappa shape index (κ2) is 11.1. The molecule has 0 atom stereocenters. The molecular weight excluding hydrogens is 647 g/mol. The standard InChI is InChI=1S/C50H59NS/c1-46(2)22-24-48(5,6)43-36(46)15-11-17-38(43)51(39-18-12-16-37-44(39)49(7,8)25-23-47(37,3)4)40-19-13-21-42-45(40)50(35-14-9-10-20-41(35)52-42)33-27-31-26-32(29-33)30-34(50)28-31/h9-21,31-34H,22-30H2,1-8H3. The van der Waals surface area contributed by atoms with Gasteiger partial charge in [-0.15, -0.1) is 0 Å². The summed E-state index contributed by atoms with van der Waals surface area (Å²) in [5, 5.41) is 0. The summed E-state index contributed by atoms with van der Waals surface area (Å²) >= 11 is 2.05. The Kier molecular flexibility index (Phi) is 7.14. The molecule has 1 aliphatic heterocycles. The van der Waals surface area contributed by atoms with Crippen molar-refractivity contribution in [2.45, 2.75) is 150 Å². The summed E-state index contributed by atoms with van der Waals surface area (Å²) in [4.78, 5) is 5.87. The van der Waals surface area contributed by atoms with Crippen molar-refractivity contribution in [3.05, 3.63) is 112 Å². The number of benzene rings is 4. The van der Waals surface area contributed by atoms with Crippen molar-refractivity contribution in [2.75, 3.05) is 4.90 Å². The third-order valence-corrected chi connectivity index (χ3v) is 16.9. The summed E-state index contributed by atoms with van der Waals surface area (Å²) in [5.41, 5.74) is 14.3. The molecule has 0 unspecified atom stereocenters. The molecule has 52 heavy (non-hydrogen) atoms. The summed E-state index contributed by atoms with van der Waals surface area (Å²) in [5.74, 6) is 3.23. The SMILES string of the molecule is CC1(C)CCC(C)(C)c2c(N(c3cccc4c3C(C)(C)CCC4(C)C)c3cccc4c3C3(c5ccccc5S4)C4CC5CC(C4)CC3C5)cccc21. The third kappa shape index (κ3) is 4.55. The zero-order valence-corrected chi connectivity index (χ0v) is 33.9. The maximum absolute atomic E-state index is 2.87. The van der Waals surface area contributed by atoms with Crippen LogP contribution >= 0.6 is 11.8 Å². The molecule has 1 spiro atoms. The van der Waals surface area contributed by atoms with Gasteiger partial charge in [0, 0.05) is 20.8 Å². The average Bonchev–Trinajstić information content (AvgIpc) is 3.10. The van der Waals surface area contributed by atoms with E-state index < -0.39 is 0 Å². The lowest BCUT2D eigenvalue weighted by Crippen LogP contribution is -2.57.